The molecule has 6 nitrogen and oxygen atoms in total. The summed E-state index contributed by atoms with van der Waals surface area (Å²) in [6, 6.07) is 3.83. The van der Waals surface area contributed by atoms with E-state index in [1.54, 1.807) is 11.1 Å². The van der Waals surface area contributed by atoms with Gasteiger partial charge in [0.25, 0.3) is 5.91 Å². The molecule has 0 atom stereocenters. The maximum absolute atomic E-state index is 12.7. The molecule has 0 N–H and O–H groups in total. The lowest BCUT2D eigenvalue weighted by Crippen LogP contribution is -2.52. The number of ketones is 1. The zero-order valence-corrected chi connectivity index (χ0v) is 15.0. The average molecular weight is 351 g/mol. The van der Waals surface area contributed by atoms with Crippen LogP contribution in [0.15, 0.2) is 30.7 Å². The smallest absolute Gasteiger partial charge is 0.274 e. The van der Waals surface area contributed by atoms with Crippen LogP contribution in [0.2, 0.25) is 0 Å². The lowest BCUT2D eigenvalue weighted by Gasteiger charge is -2.44. The summed E-state index contributed by atoms with van der Waals surface area (Å²) >= 11 is 0. The van der Waals surface area contributed by atoms with Crippen LogP contribution in [0, 0.1) is 13.8 Å². The Balaban J connectivity index is 1.53. The van der Waals surface area contributed by atoms with Crippen LogP contribution in [-0.2, 0) is 0 Å². The van der Waals surface area contributed by atoms with E-state index in [2.05, 4.69) is 9.97 Å². The minimum atomic E-state index is -0.512. The number of Topliss-reactive ketones (excluding diaryl/α,β-unsaturated/α-hetero) is 1. The highest BCUT2D eigenvalue weighted by atomic mass is 16.5. The highest BCUT2D eigenvalue weighted by molar-refractivity contribution is 6.01. The monoisotopic (exact) mass is 351 g/mol. The number of carbonyl (C=O) groups is 2. The maximum atomic E-state index is 12.7. The molecule has 1 fully saturated rings. The van der Waals surface area contributed by atoms with Gasteiger partial charge < -0.3 is 9.64 Å². The van der Waals surface area contributed by atoms with Gasteiger partial charge in [-0.3, -0.25) is 14.6 Å². The number of hydrogen-bond acceptors (Lipinski definition) is 5. The Hall–Kier alpha value is -2.76. The van der Waals surface area contributed by atoms with Gasteiger partial charge >= 0.3 is 0 Å². The second kappa shape index (κ2) is 6.20. The van der Waals surface area contributed by atoms with Gasteiger partial charge in [-0.15, -0.1) is 0 Å². The number of ether oxygens (including phenoxy) is 1. The van der Waals surface area contributed by atoms with E-state index in [1.165, 1.54) is 12.4 Å². The lowest BCUT2D eigenvalue weighted by atomic mass is 9.81. The van der Waals surface area contributed by atoms with Crippen LogP contribution in [0.25, 0.3) is 0 Å². The summed E-state index contributed by atoms with van der Waals surface area (Å²) in [5, 5.41) is 0. The van der Waals surface area contributed by atoms with Gasteiger partial charge in [-0.1, -0.05) is 6.07 Å². The van der Waals surface area contributed by atoms with Crippen LogP contribution in [-0.4, -0.2) is 45.2 Å². The van der Waals surface area contributed by atoms with Gasteiger partial charge in [0.05, 0.1) is 18.2 Å². The maximum Gasteiger partial charge on any atom is 0.274 e. The highest BCUT2D eigenvalue weighted by Gasteiger charge is 2.44. The normalized spacial score (nSPS) is 18.4. The fourth-order valence-electron chi connectivity index (χ4n) is 3.75. The van der Waals surface area contributed by atoms with Gasteiger partial charge in [0.15, 0.2) is 5.78 Å². The number of rotatable bonds is 1. The highest BCUT2D eigenvalue weighted by Crippen LogP contribution is 2.41. The van der Waals surface area contributed by atoms with Crippen molar-refractivity contribution in [1.29, 1.82) is 0 Å². The predicted octanol–water partition coefficient (Wildman–Crippen LogP) is 2.73. The van der Waals surface area contributed by atoms with Crippen molar-refractivity contribution in [3.05, 3.63) is 53.1 Å². The van der Waals surface area contributed by atoms with Crippen molar-refractivity contribution < 1.29 is 14.3 Å². The Morgan fingerprint density at radius 2 is 1.96 bits per heavy atom. The molecule has 1 spiro atoms. The molecular formula is C20H21N3O3. The lowest BCUT2D eigenvalue weighted by molar-refractivity contribution is -0.00635. The molecule has 6 heteroatoms. The standard InChI is InChI=1S/C20H21N3O3/c1-13-3-4-15-17(24)11-20(26-18(15)14(13)2)5-9-23(10-6-20)19(25)16-12-21-7-8-22-16/h3-4,7-8,12H,5-6,9-11H2,1-2H3. The van der Waals surface area contributed by atoms with Crippen LogP contribution < -0.4 is 4.74 Å². The first-order valence-corrected chi connectivity index (χ1v) is 8.87. The molecule has 1 aromatic heterocycles. The fourth-order valence-corrected chi connectivity index (χ4v) is 3.75. The molecule has 3 heterocycles. The Kier molecular flexibility index (Phi) is 3.98. The Labute approximate surface area is 152 Å². The van der Waals surface area contributed by atoms with E-state index in [9.17, 15) is 9.59 Å². The second-order valence-electron chi connectivity index (χ2n) is 7.15. The summed E-state index contributed by atoms with van der Waals surface area (Å²) in [6.07, 6.45) is 6.19. The van der Waals surface area contributed by atoms with E-state index < -0.39 is 5.60 Å². The average Bonchev–Trinajstić information content (AvgIpc) is 2.66. The molecule has 0 radical (unpaired) electrons. The SMILES string of the molecule is Cc1ccc2c(c1C)OC1(CCN(C(=O)c3cnccn3)CC1)CC2=O. The summed E-state index contributed by atoms with van der Waals surface area (Å²) in [5.74, 6) is 0.723. The van der Waals surface area contributed by atoms with Crippen LogP contribution in [0.3, 0.4) is 0 Å². The van der Waals surface area contributed by atoms with E-state index in [1.807, 2.05) is 26.0 Å². The van der Waals surface area contributed by atoms with Crippen LogP contribution in [0.1, 0.15) is 51.2 Å². The van der Waals surface area contributed by atoms with Crippen molar-refractivity contribution >= 4 is 11.7 Å². The number of likely N-dealkylation sites (tertiary alicyclic amines) is 1. The van der Waals surface area contributed by atoms with Gasteiger partial charge in [-0.05, 0) is 31.0 Å². The van der Waals surface area contributed by atoms with E-state index in [0.29, 0.717) is 43.6 Å². The summed E-state index contributed by atoms with van der Waals surface area (Å²) in [7, 11) is 0. The van der Waals surface area contributed by atoms with Crippen molar-refractivity contribution in [2.45, 2.75) is 38.7 Å². The Bertz CT molecular complexity index is 871. The molecule has 2 aliphatic rings. The molecule has 1 saturated heterocycles. The topological polar surface area (TPSA) is 72.4 Å². The zero-order valence-electron chi connectivity index (χ0n) is 15.0. The van der Waals surface area contributed by atoms with Gasteiger partial charge in [0, 0.05) is 38.3 Å². The minimum absolute atomic E-state index is 0.123. The van der Waals surface area contributed by atoms with Crippen molar-refractivity contribution in [2.75, 3.05) is 13.1 Å². The third kappa shape index (κ3) is 2.75. The summed E-state index contributed by atoms with van der Waals surface area (Å²) < 4.78 is 6.39. The number of piperidine rings is 1. The van der Waals surface area contributed by atoms with Crippen LogP contribution in [0.5, 0.6) is 5.75 Å². The summed E-state index contributed by atoms with van der Waals surface area (Å²) in [5.41, 5.74) is 2.65. The predicted molar refractivity (Wildman–Crippen MR) is 95.4 cm³/mol. The second-order valence-corrected chi connectivity index (χ2v) is 7.15. The zero-order chi connectivity index (χ0) is 18.3. The van der Waals surface area contributed by atoms with E-state index >= 15 is 0 Å². The number of aromatic nitrogens is 2. The Morgan fingerprint density at radius 1 is 1.19 bits per heavy atom. The van der Waals surface area contributed by atoms with E-state index in [-0.39, 0.29) is 11.7 Å². The summed E-state index contributed by atoms with van der Waals surface area (Å²) in [4.78, 5) is 35.0. The van der Waals surface area contributed by atoms with E-state index in [4.69, 9.17) is 4.74 Å². The third-order valence-corrected chi connectivity index (χ3v) is 5.52. The molecule has 4 rings (SSSR count). The van der Waals surface area contributed by atoms with Crippen LogP contribution in [0.4, 0.5) is 0 Å². The number of aryl methyl sites for hydroxylation is 1. The molecule has 0 saturated carbocycles. The van der Waals surface area contributed by atoms with Gasteiger partial charge in [0.2, 0.25) is 0 Å². The molecule has 26 heavy (non-hydrogen) atoms. The molecular weight excluding hydrogens is 330 g/mol. The molecule has 134 valence electrons. The molecule has 1 amide bonds. The van der Waals surface area contributed by atoms with Crippen molar-refractivity contribution in [3.63, 3.8) is 0 Å². The number of amides is 1. The molecule has 0 unspecified atom stereocenters. The number of nitrogens with zero attached hydrogens (tertiary/aromatic N) is 3. The molecule has 0 aliphatic carbocycles. The first-order chi connectivity index (χ1) is 12.5. The van der Waals surface area contributed by atoms with Crippen molar-refractivity contribution in [1.82, 2.24) is 14.9 Å². The number of carbonyl (C=O) groups excluding carboxylic acids is 2. The van der Waals surface area contributed by atoms with E-state index in [0.717, 1.165) is 16.9 Å². The summed E-state index contributed by atoms with van der Waals surface area (Å²) in [6.45, 7) is 5.10. The molecule has 0 bridgehead atoms. The van der Waals surface area contributed by atoms with Gasteiger partial charge in [0.1, 0.15) is 17.0 Å². The first kappa shape index (κ1) is 16.7. The minimum Gasteiger partial charge on any atom is -0.486 e. The third-order valence-electron chi connectivity index (χ3n) is 5.52. The van der Waals surface area contributed by atoms with Crippen molar-refractivity contribution in [2.24, 2.45) is 0 Å². The quantitative estimate of drug-likeness (QED) is 0.790. The largest absolute Gasteiger partial charge is 0.486 e. The fraction of sp³-hybridized carbons (Fsp3) is 0.400. The van der Waals surface area contributed by atoms with Gasteiger partial charge in [-0.25, -0.2) is 4.98 Å². The molecule has 2 aromatic rings. The Morgan fingerprint density at radius 3 is 2.65 bits per heavy atom. The first-order valence-electron chi connectivity index (χ1n) is 8.87. The van der Waals surface area contributed by atoms with Crippen molar-refractivity contribution in [3.8, 4) is 5.75 Å². The molecule has 2 aliphatic heterocycles. The number of benzene rings is 1. The van der Waals surface area contributed by atoms with Crippen LogP contribution >= 0.6 is 0 Å². The molecule has 1 aromatic carbocycles. The number of hydrogen-bond donors (Lipinski definition) is 0. The number of fused-ring (bicyclic) bond motifs is 1. The van der Waals surface area contributed by atoms with Gasteiger partial charge in [-0.2, -0.15) is 0 Å².